The van der Waals surface area contributed by atoms with Gasteiger partial charge < -0.3 is 15.6 Å². The Morgan fingerprint density at radius 2 is 2.08 bits per heavy atom. The number of carbonyl (C=O) groups excluding carboxylic acids is 1. The second kappa shape index (κ2) is 6.40. The molecule has 1 amide bonds. The van der Waals surface area contributed by atoms with Gasteiger partial charge in [0.15, 0.2) is 5.82 Å². The number of nitrogens with one attached hydrogen (secondary N) is 1. The molecule has 1 aliphatic heterocycles. The summed E-state index contributed by atoms with van der Waals surface area (Å²) in [4.78, 5) is 42.2. The summed E-state index contributed by atoms with van der Waals surface area (Å²) in [5, 5.41) is 0. The third-order valence-electron chi connectivity index (χ3n) is 4.30. The molecule has 0 aromatic carbocycles. The molecule has 3 N–H and O–H groups in total. The molecule has 0 fully saturated rings. The molecule has 4 heterocycles. The second-order valence-electron chi connectivity index (χ2n) is 6.00. The van der Waals surface area contributed by atoms with Crippen LogP contribution in [0.2, 0.25) is 0 Å². The van der Waals surface area contributed by atoms with Crippen LogP contribution in [0.1, 0.15) is 21.6 Å². The van der Waals surface area contributed by atoms with Crippen LogP contribution in [0.3, 0.4) is 0 Å². The number of H-pyrrole nitrogens is 1. The summed E-state index contributed by atoms with van der Waals surface area (Å²) in [5.41, 5.74) is 7.73. The van der Waals surface area contributed by atoms with Crippen molar-refractivity contribution in [2.24, 2.45) is 0 Å². The Morgan fingerprint density at radius 1 is 1.19 bits per heavy atom. The number of aromatic nitrogens is 4. The van der Waals surface area contributed by atoms with Gasteiger partial charge in [0.05, 0.1) is 12.2 Å². The van der Waals surface area contributed by atoms with Gasteiger partial charge in [-0.1, -0.05) is 6.07 Å². The number of carbonyl (C=O) groups is 1. The summed E-state index contributed by atoms with van der Waals surface area (Å²) in [5.74, 6) is 0.531. The van der Waals surface area contributed by atoms with Crippen molar-refractivity contribution in [2.75, 3.05) is 12.3 Å². The summed E-state index contributed by atoms with van der Waals surface area (Å²) in [7, 11) is 0. The minimum Gasteiger partial charge on any atom is -0.384 e. The van der Waals surface area contributed by atoms with Gasteiger partial charge in [0.1, 0.15) is 11.5 Å². The first-order valence-electron chi connectivity index (χ1n) is 8.16. The van der Waals surface area contributed by atoms with Crippen LogP contribution >= 0.6 is 0 Å². The van der Waals surface area contributed by atoms with E-state index in [0.717, 1.165) is 0 Å². The van der Waals surface area contributed by atoms with Crippen LogP contribution in [0.5, 0.6) is 0 Å². The van der Waals surface area contributed by atoms with E-state index < -0.39 is 0 Å². The van der Waals surface area contributed by atoms with Gasteiger partial charge in [0.2, 0.25) is 0 Å². The normalized spacial score (nSPS) is 13.3. The molecule has 4 rings (SSSR count). The Balaban J connectivity index is 1.67. The number of hydrogen-bond donors (Lipinski definition) is 2. The maximum atomic E-state index is 12.7. The Bertz CT molecular complexity index is 1030. The van der Waals surface area contributed by atoms with Crippen LogP contribution < -0.4 is 11.3 Å². The molecule has 0 spiro atoms. The van der Waals surface area contributed by atoms with Crippen LogP contribution in [-0.4, -0.2) is 37.3 Å². The summed E-state index contributed by atoms with van der Waals surface area (Å²) in [6, 6.07) is 8.56. The number of pyridine rings is 2. The van der Waals surface area contributed by atoms with E-state index in [1.165, 1.54) is 6.20 Å². The van der Waals surface area contributed by atoms with Gasteiger partial charge in [0.25, 0.3) is 11.5 Å². The number of aromatic amines is 1. The summed E-state index contributed by atoms with van der Waals surface area (Å²) >= 11 is 0. The maximum Gasteiger partial charge on any atom is 0.254 e. The van der Waals surface area contributed by atoms with Crippen molar-refractivity contribution in [3.05, 3.63) is 69.9 Å². The molecular weight excluding hydrogens is 332 g/mol. The smallest absolute Gasteiger partial charge is 0.254 e. The number of hydrogen-bond acceptors (Lipinski definition) is 6. The third-order valence-corrected chi connectivity index (χ3v) is 4.30. The van der Waals surface area contributed by atoms with Crippen molar-refractivity contribution in [3.63, 3.8) is 0 Å². The van der Waals surface area contributed by atoms with Gasteiger partial charge in [-0.3, -0.25) is 14.6 Å². The van der Waals surface area contributed by atoms with Crippen LogP contribution in [0.15, 0.2) is 47.5 Å². The number of amides is 1. The molecule has 0 aliphatic carbocycles. The topological polar surface area (TPSA) is 118 Å². The highest BCUT2D eigenvalue weighted by atomic mass is 16.2. The van der Waals surface area contributed by atoms with Gasteiger partial charge in [-0.05, 0) is 30.7 Å². The molecular formula is C18H16N6O2. The Labute approximate surface area is 148 Å². The standard InChI is InChI=1S/C18H16N6O2/c19-15-9-11(4-7-21-15)18(26)24-8-5-12-14(10-24)22-16(23-17(12)25)13-3-1-2-6-20-13/h1-4,6-7,9H,5,8,10H2,(H2,19,21)(H,22,23,25). The molecule has 3 aromatic heterocycles. The van der Waals surface area contributed by atoms with E-state index in [2.05, 4.69) is 19.9 Å². The molecule has 3 aromatic rings. The van der Waals surface area contributed by atoms with E-state index in [1.54, 1.807) is 35.4 Å². The SMILES string of the molecule is Nc1cc(C(=O)N2CCc3c(nc(-c4ccccn4)[nH]c3=O)C2)ccn1. The first kappa shape index (κ1) is 15.9. The maximum absolute atomic E-state index is 12.7. The minimum absolute atomic E-state index is 0.161. The van der Waals surface area contributed by atoms with Crippen LogP contribution in [0.4, 0.5) is 5.82 Å². The largest absolute Gasteiger partial charge is 0.384 e. The lowest BCUT2D eigenvalue weighted by molar-refractivity contribution is 0.0731. The average molecular weight is 348 g/mol. The molecule has 0 radical (unpaired) electrons. The number of nitrogen functional groups attached to an aromatic ring is 1. The molecule has 26 heavy (non-hydrogen) atoms. The van der Waals surface area contributed by atoms with Crippen LogP contribution in [-0.2, 0) is 13.0 Å². The van der Waals surface area contributed by atoms with Gasteiger partial charge in [-0.2, -0.15) is 0 Å². The lowest BCUT2D eigenvalue weighted by atomic mass is 10.1. The fourth-order valence-corrected chi connectivity index (χ4v) is 3.00. The first-order chi connectivity index (χ1) is 12.6. The number of nitrogens with zero attached hydrogens (tertiary/aromatic N) is 4. The van der Waals surface area contributed by atoms with E-state index in [4.69, 9.17) is 5.73 Å². The molecule has 130 valence electrons. The number of nitrogens with two attached hydrogens (primary N) is 1. The monoisotopic (exact) mass is 348 g/mol. The number of rotatable bonds is 2. The van der Waals surface area contributed by atoms with Crippen molar-refractivity contribution in [1.82, 2.24) is 24.8 Å². The predicted molar refractivity (Wildman–Crippen MR) is 95.2 cm³/mol. The highest BCUT2D eigenvalue weighted by molar-refractivity contribution is 5.94. The second-order valence-corrected chi connectivity index (χ2v) is 6.00. The molecule has 0 saturated carbocycles. The summed E-state index contributed by atoms with van der Waals surface area (Å²) in [6.45, 7) is 0.710. The quantitative estimate of drug-likeness (QED) is 0.713. The lowest BCUT2D eigenvalue weighted by Crippen LogP contribution is -2.39. The Hall–Kier alpha value is -3.55. The van der Waals surface area contributed by atoms with Crippen molar-refractivity contribution in [2.45, 2.75) is 13.0 Å². The average Bonchev–Trinajstić information content (AvgIpc) is 2.67. The zero-order chi connectivity index (χ0) is 18.1. The third kappa shape index (κ3) is 2.92. The fourth-order valence-electron chi connectivity index (χ4n) is 3.00. The van der Waals surface area contributed by atoms with Crippen molar-refractivity contribution in [1.29, 1.82) is 0 Å². The van der Waals surface area contributed by atoms with Gasteiger partial charge in [0, 0.05) is 30.1 Å². The molecule has 0 atom stereocenters. The zero-order valence-corrected chi connectivity index (χ0v) is 13.8. The summed E-state index contributed by atoms with van der Waals surface area (Å²) < 4.78 is 0. The highest BCUT2D eigenvalue weighted by Gasteiger charge is 2.25. The van der Waals surface area contributed by atoms with Gasteiger partial charge in [-0.15, -0.1) is 0 Å². The van der Waals surface area contributed by atoms with E-state index in [1.807, 2.05) is 6.07 Å². The van der Waals surface area contributed by atoms with Crippen molar-refractivity contribution >= 4 is 11.7 Å². The lowest BCUT2D eigenvalue weighted by Gasteiger charge is -2.28. The molecule has 0 bridgehead atoms. The van der Waals surface area contributed by atoms with E-state index in [9.17, 15) is 9.59 Å². The van der Waals surface area contributed by atoms with Gasteiger partial charge >= 0.3 is 0 Å². The van der Waals surface area contributed by atoms with E-state index in [0.29, 0.717) is 47.1 Å². The molecule has 0 unspecified atom stereocenters. The number of anilines is 1. The first-order valence-corrected chi connectivity index (χ1v) is 8.16. The number of fused-ring (bicyclic) bond motifs is 1. The molecule has 8 nitrogen and oxygen atoms in total. The molecule has 0 saturated heterocycles. The Morgan fingerprint density at radius 3 is 2.85 bits per heavy atom. The Kier molecular flexibility index (Phi) is 3.92. The minimum atomic E-state index is -0.184. The van der Waals surface area contributed by atoms with Crippen LogP contribution in [0, 0.1) is 0 Å². The van der Waals surface area contributed by atoms with Crippen molar-refractivity contribution in [3.8, 4) is 11.5 Å². The predicted octanol–water partition coefficient (Wildman–Crippen LogP) is 1.01. The highest BCUT2D eigenvalue weighted by Crippen LogP contribution is 2.19. The molecule has 8 heteroatoms. The fraction of sp³-hybridized carbons (Fsp3) is 0.167. The van der Waals surface area contributed by atoms with Crippen LogP contribution in [0.25, 0.3) is 11.5 Å². The summed E-state index contributed by atoms with van der Waals surface area (Å²) in [6.07, 6.45) is 3.59. The van der Waals surface area contributed by atoms with E-state index >= 15 is 0 Å². The van der Waals surface area contributed by atoms with E-state index in [-0.39, 0.29) is 18.0 Å². The van der Waals surface area contributed by atoms with Gasteiger partial charge in [-0.25, -0.2) is 9.97 Å². The molecule has 1 aliphatic rings. The van der Waals surface area contributed by atoms with Crippen molar-refractivity contribution < 1.29 is 4.79 Å². The zero-order valence-electron chi connectivity index (χ0n) is 13.8.